The van der Waals surface area contributed by atoms with Crippen LogP contribution >= 0.6 is 0 Å². The Morgan fingerprint density at radius 3 is 2.12 bits per heavy atom. The predicted octanol–water partition coefficient (Wildman–Crippen LogP) is 2.78. The lowest BCUT2D eigenvalue weighted by molar-refractivity contribution is -0.0671. The van der Waals surface area contributed by atoms with Gasteiger partial charge in [0.15, 0.2) is 8.32 Å². The molecular formula is C13H29NO2Si. The van der Waals surface area contributed by atoms with Crippen molar-refractivity contribution in [3.8, 4) is 0 Å². The minimum Gasteiger partial charge on any atom is -0.414 e. The standard InChI is InChI=1S/C13H29NO2Si/c1-12(2,3)17(5,6)16-11-13(15-4)7-9-14-10-8-13/h14H,7-11H2,1-6H3. The Morgan fingerprint density at radius 1 is 1.18 bits per heavy atom. The second-order valence-electron chi connectivity index (χ2n) is 6.69. The SMILES string of the molecule is COC1(CO[Si](C)(C)C(C)(C)C)CCNCC1. The first kappa shape index (κ1) is 15.2. The molecular weight excluding hydrogens is 230 g/mol. The molecule has 1 aliphatic heterocycles. The van der Waals surface area contributed by atoms with Crippen molar-refractivity contribution in [3.63, 3.8) is 0 Å². The summed E-state index contributed by atoms with van der Waals surface area (Å²) in [5.74, 6) is 0. The number of methoxy groups -OCH3 is 1. The van der Waals surface area contributed by atoms with E-state index in [4.69, 9.17) is 9.16 Å². The summed E-state index contributed by atoms with van der Waals surface area (Å²) in [6.45, 7) is 14.3. The largest absolute Gasteiger partial charge is 0.414 e. The van der Waals surface area contributed by atoms with Crippen molar-refractivity contribution >= 4 is 8.32 Å². The topological polar surface area (TPSA) is 30.5 Å². The summed E-state index contributed by atoms with van der Waals surface area (Å²) in [6.07, 6.45) is 2.11. The van der Waals surface area contributed by atoms with E-state index in [1.165, 1.54) is 0 Å². The lowest BCUT2D eigenvalue weighted by Crippen LogP contribution is -2.51. The van der Waals surface area contributed by atoms with E-state index in [0.29, 0.717) is 0 Å². The molecule has 17 heavy (non-hydrogen) atoms. The van der Waals surface area contributed by atoms with Crippen molar-refractivity contribution in [3.05, 3.63) is 0 Å². The lowest BCUT2D eigenvalue weighted by Gasteiger charge is -2.42. The van der Waals surface area contributed by atoms with Crippen molar-refractivity contribution in [2.45, 2.75) is 57.3 Å². The summed E-state index contributed by atoms with van der Waals surface area (Å²) in [5, 5.41) is 3.65. The molecule has 1 fully saturated rings. The zero-order valence-corrected chi connectivity index (χ0v) is 13.4. The van der Waals surface area contributed by atoms with Crippen LogP contribution in [-0.2, 0) is 9.16 Å². The van der Waals surface area contributed by atoms with Crippen LogP contribution in [0.15, 0.2) is 0 Å². The normalized spacial score (nSPS) is 21.5. The maximum Gasteiger partial charge on any atom is 0.192 e. The van der Waals surface area contributed by atoms with Crippen LogP contribution in [0.3, 0.4) is 0 Å². The van der Waals surface area contributed by atoms with Gasteiger partial charge >= 0.3 is 0 Å². The van der Waals surface area contributed by atoms with Gasteiger partial charge in [-0.2, -0.15) is 0 Å². The fourth-order valence-electron chi connectivity index (χ4n) is 1.82. The molecule has 102 valence electrons. The highest BCUT2D eigenvalue weighted by atomic mass is 28.4. The van der Waals surface area contributed by atoms with Gasteiger partial charge in [0.25, 0.3) is 0 Å². The van der Waals surface area contributed by atoms with Gasteiger partial charge in [0.1, 0.15) is 0 Å². The van der Waals surface area contributed by atoms with Crippen LogP contribution < -0.4 is 5.32 Å². The summed E-state index contributed by atoms with van der Waals surface area (Å²) in [4.78, 5) is 0. The van der Waals surface area contributed by atoms with E-state index in [1.807, 2.05) is 7.11 Å². The molecule has 0 aromatic heterocycles. The summed E-state index contributed by atoms with van der Waals surface area (Å²) in [6, 6.07) is 0. The molecule has 0 saturated carbocycles. The Balaban J connectivity index is 2.58. The van der Waals surface area contributed by atoms with E-state index in [2.05, 4.69) is 39.2 Å². The Morgan fingerprint density at radius 2 is 1.71 bits per heavy atom. The van der Waals surface area contributed by atoms with Crippen LogP contribution in [0.2, 0.25) is 18.1 Å². The fourth-order valence-corrected chi connectivity index (χ4v) is 2.88. The van der Waals surface area contributed by atoms with Crippen LogP contribution in [0, 0.1) is 0 Å². The highest BCUT2D eigenvalue weighted by Crippen LogP contribution is 2.37. The molecule has 0 amide bonds. The third kappa shape index (κ3) is 3.78. The molecule has 0 bridgehead atoms. The zero-order valence-electron chi connectivity index (χ0n) is 12.4. The second-order valence-corrected chi connectivity index (χ2v) is 11.5. The molecule has 0 aromatic carbocycles. The maximum atomic E-state index is 6.31. The predicted molar refractivity (Wildman–Crippen MR) is 75.0 cm³/mol. The summed E-state index contributed by atoms with van der Waals surface area (Å²) < 4.78 is 12.1. The van der Waals surface area contributed by atoms with E-state index in [-0.39, 0.29) is 10.6 Å². The minimum atomic E-state index is -1.65. The molecule has 0 radical (unpaired) electrons. The first-order chi connectivity index (χ1) is 7.72. The van der Waals surface area contributed by atoms with Crippen LogP contribution in [-0.4, -0.2) is 40.7 Å². The summed E-state index contributed by atoms with van der Waals surface area (Å²) in [5.41, 5.74) is -0.0548. The molecule has 0 atom stereocenters. The average Bonchev–Trinajstić information content (AvgIpc) is 2.26. The number of rotatable bonds is 4. The van der Waals surface area contributed by atoms with E-state index >= 15 is 0 Å². The van der Waals surface area contributed by atoms with Crippen molar-refractivity contribution in [1.82, 2.24) is 5.32 Å². The van der Waals surface area contributed by atoms with Gasteiger partial charge in [-0.15, -0.1) is 0 Å². The molecule has 1 saturated heterocycles. The molecule has 0 aliphatic carbocycles. The van der Waals surface area contributed by atoms with Gasteiger partial charge in [-0.05, 0) is 44.1 Å². The number of hydrogen-bond donors (Lipinski definition) is 1. The third-order valence-corrected chi connectivity index (χ3v) is 8.93. The van der Waals surface area contributed by atoms with Crippen molar-refractivity contribution in [2.24, 2.45) is 0 Å². The number of hydrogen-bond acceptors (Lipinski definition) is 3. The monoisotopic (exact) mass is 259 g/mol. The van der Waals surface area contributed by atoms with Crippen LogP contribution in [0.5, 0.6) is 0 Å². The molecule has 4 heteroatoms. The van der Waals surface area contributed by atoms with Gasteiger partial charge in [0, 0.05) is 7.11 Å². The molecule has 1 rings (SSSR count). The summed E-state index contributed by atoms with van der Waals surface area (Å²) >= 11 is 0. The maximum absolute atomic E-state index is 6.31. The Bertz CT molecular complexity index is 242. The quantitative estimate of drug-likeness (QED) is 0.788. The van der Waals surface area contributed by atoms with Crippen LogP contribution in [0.25, 0.3) is 0 Å². The van der Waals surface area contributed by atoms with Gasteiger partial charge in [0.2, 0.25) is 0 Å². The minimum absolute atomic E-state index is 0.0548. The lowest BCUT2D eigenvalue weighted by atomic mass is 9.93. The highest BCUT2D eigenvalue weighted by molar-refractivity contribution is 6.74. The van der Waals surface area contributed by atoms with E-state index < -0.39 is 8.32 Å². The zero-order chi connectivity index (χ0) is 13.2. The molecule has 0 unspecified atom stereocenters. The van der Waals surface area contributed by atoms with Gasteiger partial charge in [-0.25, -0.2) is 0 Å². The van der Waals surface area contributed by atoms with Gasteiger partial charge in [-0.3, -0.25) is 0 Å². The molecule has 1 aliphatic rings. The number of piperidine rings is 1. The molecule has 3 nitrogen and oxygen atoms in total. The average molecular weight is 259 g/mol. The molecule has 1 N–H and O–H groups in total. The third-order valence-electron chi connectivity index (χ3n) is 4.45. The number of ether oxygens (including phenoxy) is 1. The number of nitrogens with one attached hydrogen (secondary N) is 1. The smallest absolute Gasteiger partial charge is 0.192 e. The Hall–Kier alpha value is 0.0969. The second kappa shape index (κ2) is 5.39. The van der Waals surface area contributed by atoms with Gasteiger partial charge in [0.05, 0.1) is 12.2 Å². The molecule has 1 heterocycles. The van der Waals surface area contributed by atoms with Crippen molar-refractivity contribution in [2.75, 3.05) is 26.8 Å². The molecule has 0 aromatic rings. The summed E-state index contributed by atoms with van der Waals surface area (Å²) in [7, 11) is 0.167. The highest BCUT2D eigenvalue weighted by Gasteiger charge is 2.40. The van der Waals surface area contributed by atoms with Gasteiger partial charge in [-0.1, -0.05) is 20.8 Å². The van der Waals surface area contributed by atoms with Crippen molar-refractivity contribution in [1.29, 1.82) is 0 Å². The van der Waals surface area contributed by atoms with Crippen molar-refractivity contribution < 1.29 is 9.16 Å². The Kier molecular flexibility index (Phi) is 4.80. The molecule has 0 spiro atoms. The van der Waals surface area contributed by atoms with E-state index in [9.17, 15) is 0 Å². The fraction of sp³-hybridized carbons (Fsp3) is 1.00. The first-order valence-electron chi connectivity index (χ1n) is 6.62. The van der Waals surface area contributed by atoms with E-state index in [0.717, 1.165) is 32.5 Å². The first-order valence-corrected chi connectivity index (χ1v) is 9.53. The Labute approximate surface area is 107 Å². The van der Waals surface area contributed by atoms with Crippen LogP contribution in [0.4, 0.5) is 0 Å². The van der Waals surface area contributed by atoms with Gasteiger partial charge < -0.3 is 14.5 Å². The van der Waals surface area contributed by atoms with Crippen LogP contribution in [0.1, 0.15) is 33.6 Å². The van der Waals surface area contributed by atoms with E-state index in [1.54, 1.807) is 0 Å².